The number of likely N-dealkylation sites (N-methyl/N-ethyl adjacent to an activating group) is 1. The van der Waals surface area contributed by atoms with Crippen molar-refractivity contribution in [3.63, 3.8) is 0 Å². The summed E-state index contributed by atoms with van der Waals surface area (Å²) in [7, 11) is 0. The summed E-state index contributed by atoms with van der Waals surface area (Å²) in [5, 5.41) is 0.778. The third kappa shape index (κ3) is 2.97. The van der Waals surface area contributed by atoms with Crippen molar-refractivity contribution in [2.75, 3.05) is 31.9 Å². The van der Waals surface area contributed by atoms with E-state index in [0.717, 1.165) is 49.0 Å². The molecule has 1 saturated heterocycles. The lowest BCUT2D eigenvalue weighted by Gasteiger charge is -2.39. The van der Waals surface area contributed by atoms with Crippen molar-refractivity contribution >= 4 is 17.3 Å². The third-order valence-corrected chi connectivity index (χ3v) is 4.15. The van der Waals surface area contributed by atoms with Crippen LogP contribution in [0.15, 0.2) is 18.2 Å². The van der Waals surface area contributed by atoms with Crippen molar-refractivity contribution in [1.29, 1.82) is 0 Å². The van der Waals surface area contributed by atoms with E-state index in [-0.39, 0.29) is 0 Å². The smallest absolute Gasteiger partial charge is 0.0471 e. The Morgan fingerprint density at radius 1 is 1.39 bits per heavy atom. The summed E-state index contributed by atoms with van der Waals surface area (Å²) in [6.07, 6.45) is 0. The maximum atomic E-state index is 6.22. The van der Waals surface area contributed by atoms with Crippen molar-refractivity contribution in [1.82, 2.24) is 9.80 Å². The van der Waals surface area contributed by atoms with Gasteiger partial charge in [-0.25, -0.2) is 0 Å². The van der Waals surface area contributed by atoms with Gasteiger partial charge in [-0.3, -0.25) is 9.80 Å². The van der Waals surface area contributed by atoms with Crippen LogP contribution in [0.25, 0.3) is 0 Å². The van der Waals surface area contributed by atoms with Crippen LogP contribution in [0.2, 0.25) is 5.02 Å². The van der Waals surface area contributed by atoms with Gasteiger partial charge in [-0.1, -0.05) is 24.6 Å². The van der Waals surface area contributed by atoms with Crippen LogP contribution in [-0.2, 0) is 6.54 Å². The highest BCUT2D eigenvalue weighted by atomic mass is 35.5. The zero-order chi connectivity index (χ0) is 13.1. The van der Waals surface area contributed by atoms with Gasteiger partial charge in [-0.05, 0) is 25.6 Å². The molecule has 1 aromatic carbocycles. The zero-order valence-electron chi connectivity index (χ0n) is 11.2. The summed E-state index contributed by atoms with van der Waals surface area (Å²) in [6, 6.07) is 6.34. The second-order valence-electron chi connectivity index (χ2n) is 5.02. The topological polar surface area (TPSA) is 32.5 Å². The Hall–Kier alpha value is -0.770. The highest BCUT2D eigenvalue weighted by Crippen LogP contribution is 2.24. The molecule has 100 valence electrons. The van der Waals surface area contributed by atoms with Gasteiger partial charge in [0.25, 0.3) is 0 Å². The molecule has 3 nitrogen and oxygen atoms in total. The zero-order valence-corrected chi connectivity index (χ0v) is 12.0. The maximum Gasteiger partial charge on any atom is 0.0471 e. The first-order chi connectivity index (χ1) is 8.61. The van der Waals surface area contributed by atoms with Crippen LogP contribution in [0.1, 0.15) is 19.4 Å². The number of rotatable bonds is 3. The molecule has 0 radical (unpaired) electrons. The average Bonchev–Trinajstić information content (AvgIpc) is 2.34. The lowest BCUT2D eigenvalue weighted by Crippen LogP contribution is -2.51. The highest BCUT2D eigenvalue weighted by molar-refractivity contribution is 6.31. The Labute approximate surface area is 115 Å². The van der Waals surface area contributed by atoms with Gasteiger partial charge in [0.05, 0.1) is 0 Å². The van der Waals surface area contributed by atoms with Crippen LogP contribution >= 0.6 is 11.6 Å². The van der Waals surface area contributed by atoms with Gasteiger partial charge >= 0.3 is 0 Å². The van der Waals surface area contributed by atoms with Crippen LogP contribution in [-0.4, -0.2) is 42.0 Å². The Bertz CT molecular complexity index is 388. The number of anilines is 1. The molecule has 2 N–H and O–H groups in total. The van der Waals surface area contributed by atoms with Gasteiger partial charge in [0, 0.05) is 48.5 Å². The molecule has 1 aromatic rings. The Morgan fingerprint density at radius 3 is 2.78 bits per heavy atom. The fraction of sp³-hybridized carbons (Fsp3) is 0.571. The van der Waals surface area contributed by atoms with Gasteiger partial charge in [0.2, 0.25) is 0 Å². The van der Waals surface area contributed by atoms with Crippen molar-refractivity contribution in [2.45, 2.75) is 26.4 Å². The minimum Gasteiger partial charge on any atom is -0.398 e. The average molecular weight is 268 g/mol. The molecule has 0 aliphatic carbocycles. The summed E-state index contributed by atoms with van der Waals surface area (Å²) in [5.74, 6) is 0. The predicted molar refractivity (Wildman–Crippen MR) is 77.9 cm³/mol. The van der Waals surface area contributed by atoms with E-state index in [4.69, 9.17) is 17.3 Å². The molecular formula is C14H22ClN3. The Morgan fingerprint density at radius 2 is 2.17 bits per heavy atom. The van der Waals surface area contributed by atoms with E-state index < -0.39 is 0 Å². The number of benzene rings is 1. The van der Waals surface area contributed by atoms with Crippen LogP contribution in [0, 0.1) is 0 Å². The summed E-state index contributed by atoms with van der Waals surface area (Å²) in [5.41, 5.74) is 7.87. The standard InChI is InChI=1S/C14H22ClN3/c1-3-18-8-7-17(9-11(18)2)10-12-13(15)5-4-6-14(12)16/h4-6,11H,3,7-10,16H2,1-2H3. The van der Waals surface area contributed by atoms with Crippen LogP contribution in [0.5, 0.6) is 0 Å². The molecule has 18 heavy (non-hydrogen) atoms. The first-order valence-electron chi connectivity index (χ1n) is 6.61. The monoisotopic (exact) mass is 267 g/mol. The van der Waals surface area contributed by atoms with E-state index in [9.17, 15) is 0 Å². The molecule has 1 fully saturated rings. The van der Waals surface area contributed by atoms with E-state index in [1.165, 1.54) is 0 Å². The largest absolute Gasteiger partial charge is 0.398 e. The van der Waals surface area contributed by atoms with Crippen LogP contribution < -0.4 is 5.73 Å². The maximum absolute atomic E-state index is 6.22. The van der Waals surface area contributed by atoms with Crippen molar-refractivity contribution in [2.24, 2.45) is 0 Å². The molecule has 0 bridgehead atoms. The molecule has 0 saturated carbocycles. The highest BCUT2D eigenvalue weighted by Gasteiger charge is 2.23. The Balaban J connectivity index is 2.03. The van der Waals surface area contributed by atoms with Crippen LogP contribution in [0.4, 0.5) is 5.69 Å². The van der Waals surface area contributed by atoms with Crippen molar-refractivity contribution in [3.8, 4) is 0 Å². The van der Waals surface area contributed by atoms with Crippen molar-refractivity contribution in [3.05, 3.63) is 28.8 Å². The number of hydrogen-bond acceptors (Lipinski definition) is 3. The quantitative estimate of drug-likeness (QED) is 0.854. The second kappa shape index (κ2) is 5.91. The minimum absolute atomic E-state index is 0.604. The predicted octanol–water partition coefficient (Wildman–Crippen LogP) is 2.45. The number of piperazine rings is 1. The molecule has 0 aromatic heterocycles. The van der Waals surface area contributed by atoms with Gasteiger partial charge in [0.1, 0.15) is 0 Å². The molecule has 1 unspecified atom stereocenters. The summed E-state index contributed by atoms with van der Waals surface area (Å²) >= 11 is 6.22. The lowest BCUT2D eigenvalue weighted by atomic mass is 10.1. The number of hydrogen-bond donors (Lipinski definition) is 1. The van der Waals surface area contributed by atoms with E-state index in [1.54, 1.807) is 0 Å². The molecule has 0 spiro atoms. The fourth-order valence-electron chi connectivity index (χ4n) is 2.65. The molecule has 4 heteroatoms. The molecule has 0 amide bonds. The first kappa shape index (κ1) is 13.7. The van der Waals surface area contributed by atoms with Gasteiger partial charge < -0.3 is 5.73 Å². The van der Waals surface area contributed by atoms with Crippen molar-refractivity contribution < 1.29 is 0 Å². The first-order valence-corrected chi connectivity index (χ1v) is 6.99. The number of halogens is 1. The van der Waals surface area contributed by atoms with Gasteiger partial charge in [0.15, 0.2) is 0 Å². The van der Waals surface area contributed by atoms with Crippen LogP contribution in [0.3, 0.4) is 0 Å². The molecule has 1 atom stereocenters. The number of nitrogens with zero attached hydrogens (tertiary/aromatic N) is 2. The molecule has 1 aliphatic rings. The summed E-state index contributed by atoms with van der Waals surface area (Å²) in [6.45, 7) is 9.78. The van der Waals surface area contributed by atoms with E-state index >= 15 is 0 Å². The molecule has 1 heterocycles. The van der Waals surface area contributed by atoms with E-state index in [2.05, 4.69) is 23.6 Å². The van der Waals surface area contributed by atoms with Gasteiger partial charge in [-0.15, -0.1) is 0 Å². The van der Waals surface area contributed by atoms with E-state index in [1.807, 2.05) is 18.2 Å². The molecular weight excluding hydrogens is 246 g/mol. The number of nitrogens with two attached hydrogens (primary N) is 1. The van der Waals surface area contributed by atoms with E-state index in [0.29, 0.717) is 6.04 Å². The number of nitrogen functional groups attached to an aromatic ring is 1. The second-order valence-corrected chi connectivity index (χ2v) is 5.43. The normalized spacial score (nSPS) is 22.3. The molecule has 1 aliphatic heterocycles. The summed E-state index contributed by atoms with van der Waals surface area (Å²) < 4.78 is 0. The van der Waals surface area contributed by atoms with Gasteiger partial charge in [-0.2, -0.15) is 0 Å². The summed E-state index contributed by atoms with van der Waals surface area (Å²) in [4.78, 5) is 4.95. The fourth-order valence-corrected chi connectivity index (χ4v) is 2.89. The molecule has 2 rings (SSSR count). The third-order valence-electron chi connectivity index (χ3n) is 3.79. The minimum atomic E-state index is 0.604. The SMILES string of the molecule is CCN1CCN(Cc2c(N)cccc2Cl)CC1C. The lowest BCUT2D eigenvalue weighted by molar-refractivity contribution is 0.0836. The Kier molecular flexibility index (Phi) is 4.49.